The van der Waals surface area contributed by atoms with Crippen LogP contribution in [0.3, 0.4) is 0 Å². The molecule has 0 saturated carbocycles. The van der Waals surface area contributed by atoms with Crippen molar-refractivity contribution in [3.8, 4) is 0 Å². The van der Waals surface area contributed by atoms with Gasteiger partial charge in [0.05, 0.1) is 11.9 Å². The lowest BCUT2D eigenvalue weighted by Gasteiger charge is -2.23. The molecule has 1 aromatic heterocycles. The first-order chi connectivity index (χ1) is 10.9. The van der Waals surface area contributed by atoms with Crippen LogP contribution in [0.15, 0.2) is 42.6 Å². The predicted octanol–water partition coefficient (Wildman–Crippen LogP) is 4.86. The summed E-state index contributed by atoms with van der Waals surface area (Å²) in [5.41, 5.74) is 3.28. The number of anilines is 3. The van der Waals surface area contributed by atoms with Gasteiger partial charge in [0.2, 0.25) is 5.91 Å². The van der Waals surface area contributed by atoms with E-state index in [1.165, 1.54) is 5.56 Å². The summed E-state index contributed by atoms with van der Waals surface area (Å²) in [5.74, 6) is 0.580. The highest BCUT2D eigenvalue weighted by molar-refractivity contribution is 5.89. The first kappa shape index (κ1) is 17.0. The summed E-state index contributed by atoms with van der Waals surface area (Å²) >= 11 is 0. The summed E-state index contributed by atoms with van der Waals surface area (Å²) in [6.45, 7) is 8.56. The second-order valence-electron chi connectivity index (χ2n) is 6.65. The maximum absolute atomic E-state index is 11.6. The topological polar surface area (TPSA) is 54.0 Å². The van der Waals surface area contributed by atoms with Crippen molar-refractivity contribution >= 4 is 23.1 Å². The molecule has 4 nitrogen and oxygen atoms in total. The van der Waals surface area contributed by atoms with Gasteiger partial charge in [-0.3, -0.25) is 4.79 Å². The molecule has 0 aliphatic carbocycles. The third kappa shape index (κ3) is 4.81. The van der Waals surface area contributed by atoms with E-state index in [9.17, 15) is 4.79 Å². The maximum atomic E-state index is 11.6. The van der Waals surface area contributed by atoms with Crippen LogP contribution < -0.4 is 10.6 Å². The van der Waals surface area contributed by atoms with E-state index >= 15 is 0 Å². The molecule has 2 aromatic rings. The van der Waals surface area contributed by atoms with Crippen molar-refractivity contribution in [2.75, 3.05) is 10.6 Å². The molecule has 23 heavy (non-hydrogen) atoms. The van der Waals surface area contributed by atoms with Gasteiger partial charge in [0.25, 0.3) is 0 Å². The minimum atomic E-state index is -0.00112. The van der Waals surface area contributed by atoms with Gasteiger partial charge in [-0.25, -0.2) is 4.98 Å². The van der Waals surface area contributed by atoms with Crippen LogP contribution in [-0.2, 0) is 10.2 Å². The zero-order valence-corrected chi connectivity index (χ0v) is 14.3. The zero-order valence-electron chi connectivity index (χ0n) is 14.3. The maximum Gasteiger partial charge on any atom is 0.225 e. The molecule has 0 bridgehead atoms. The molecule has 0 unspecified atom stereocenters. The van der Waals surface area contributed by atoms with E-state index in [1.54, 1.807) is 6.20 Å². The van der Waals surface area contributed by atoms with E-state index in [0.717, 1.165) is 17.8 Å². The fourth-order valence-corrected chi connectivity index (χ4v) is 2.38. The molecular formula is C19H25N3O. The van der Waals surface area contributed by atoms with Crippen LogP contribution in [0.5, 0.6) is 0 Å². The standard InChI is InChI=1S/C19H25N3O/c1-5-8-18(23)22-17-12-11-14(13-20-17)21-16-10-7-6-9-15(16)19(2,3)4/h6-7,9-13,21H,5,8H2,1-4H3,(H,20,22,23). The first-order valence-corrected chi connectivity index (χ1v) is 8.02. The number of carbonyl (C=O) groups excluding carboxylic acids is 1. The first-order valence-electron chi connectivity index (χ1n) is 8.02. The van der Waals surface area contributed by atoms with Crippen molar-refractivity contribution in [3.05, 3.63) is 48.2 Å². The Kier molecular flexibility index (Phi) is 5.37. The summed E-state index contributed by atoms with van der Waals surface area (Å²) in [6.07, 6.45) is 3.08. The third-order valence-corrected chi connectivity index (χ3v) is 3.52. The van der Waals surface area contributed by atoms with Crippen LogP contribution in [0.1, 0.15) is 46.1 Å². The molecule has 0 aliphatic heterocycles. The lowest BCUT2D eigenvalue weighted by Crippen LogP contribution is -2.14. The molecule has 0 fully saturated rings. The highest BCUT2D eigenvalue weighted by Gasteiger charge is 2.17. The summed E-state index contributed by atoms with van der Waals surface area (Å²) in [4.78, 5) is 15.9. The number of nitrogens with one attached hydrogen (secondary N) is 2. The van der Waals surface area contributed by atoms with Crippen molar-refractivity contribution in [2.24, 2.45) is 0 Å². The van der Waals surface area contributed by atoms with E-state index < -0.39 is 0 Å². The monoisotopic (exact) mass is 311 g/mol. The molecule has 0 aliphatic rings. The molecule has 0 spiro atoms. The second kappa shape index (κ2) is 7.27. The minimum absolute atomic E-state index is 0.00112. The summed E-state index contributed by atoms with van der Waals surface area (Å²) < 4.78 is 0. The van der Waals surface area contributed by atoms with E-state index in [2.05, 4.69) is 54.6 Å². The summed E-state index contributed by atoms with van der Waals surface area (Å²) in [7, 11) is 0. The Morgan fingerprint density at radius 1 is 1.13 bits per heavy atom. The molecule has 2 N–H and O–H groups in total. The van der Waals surface area contributed by atoms with Gasteiger partial charge < -0.3 is 10.6 Å². The second-order valence-corrected chi connectivity index (χ2v) is 6.65. The van der Waals surface area contributed by atoms with E-state index in [0.29, 0.717) is 12.2 Å². The van der Waals surface area contributed by atoms with Gasteiger partial charge in [0.1, 0.15) is 5.82 Å². The molecule has 0 atom stereocenters. The average Bonchev–Trinajstić information content (AvgIpc) is 2.49. The van der Waals surface area contributed by atoms with Gasteiger partial charge in [-0.1, -0.05) is 45.9 Å². The van der Waals surface area contributed by atoms with E-state index in [4.69, 9.17) is 0 Å². The van der Waals surface area contributed by atoms with Crippen molar-refractivity contribution < 1.29 is 4.79 Å². The fraction of sp³-hybridized carbons (Fsp3) is 0.368. The molecule has 122 valence electrons. The quantitative estimate of drug-likeness (QED) is 0.829. The minimum Gasteiger partial charge on any atom is -0.354 e. The van der Waals surface area contributed by atoms with Crippen LogP contribution in [0.25, 0.3) is 0 Å². The van der Waals surface area contributed by atoms with Crippen molar-refractivity contribution in [1.82, 2.24) is 4.98 Å². The van der Waals surface area contributed by atoms with Gasteiger partial charge >= 0.3 is 0 Å². The number of aromatic nitrogens is 1. The van der Waals surface area contributed by atoms with E-state index in [-0.39, 0.29) is 11.3 Å². The van der Waals surface area contributed by atoms with Gasteiger partial charge in [0, 0.05) is 12.1 Å². The molecule has 1 aromatic carbocycles. The predicted molar refractivity (Wildman–Crippen MR) is 96.2 cm³/mol. The third-order valence-electron chi connectivity index (χ3n) is 3.52. The molecule has 0 saturated heterocycles. The van der Waals surface area contributed by atoms with Crippen LogP contribution in [0, 0.1) is 0 Å². The van der Waals surface area contributed by atoms with Crippen molar-refractivity contribution in [3.63, 3.8) is 0 Å². The number of rotatable bonds is 5. The van der Waals surface area contributed by atoms with Crippen LogP contribution in [0.2, 0.25) is 0 Å². The summed E-state index contributed by atoms with van der Waals surface area (Å²) in [5, 5.41) is 6.20. The molecule has 0 radical (unpaired) electrons. The van der Waals surface area contributed by atoms with Crippen molar-refractivity contribution in [2.45, 2.75) is 46.0 Å². The average molecular weight is 311 g/mol. The smallest absolute Gasteiger partial charge is 0.225 e. The molecule has 1 amide bonds. The number of amides is 1. The number of nitrogens with zero attached hydrogens (tertiary/aromatic N) is 1. The number of hydrogen-bond donors (Lipinski definition) is 2. The zero-order chi connectivity index (χ0) is 16.9. The van der Waals surface area contributed by atoms with Gasteiger partial charge in [-0.2, -0.15) is 0 Å². The molecule has 1 heterocycles. The number of hydrogen-bond acceptors (Lipinski definition) is 3. The highest BCUT2D eigenvalue weighted by atomic mass is 16.1. The van der Waals surface area contributed by atoms with Crippen LogP contribution in [-0.4, -0.2) is 10.9 Å². The van der Waals surface area contributed by atoms with E-state index in [1.807, 2.05) is 25.1 Å². The molecule has 4 heteroatoms. The fourth-order valence-electron chi connectivity index (χ4n) is 2.38. The van der Waals surface area contributed by atoms with Gasteiger partial charge in [0.15, 0.2) is 0 Å². The Morgan fingerprint density at radius 3 is 2.48 bits per heavy atom. The normalized spacial score (nSPS) is 11.1. The summed E-state index contributed by atoms with van der Waals surface area (Å²) in [6, 6.07) is 12.0. The Labute approximate surface area is 138 Å². The largest absolute Gasteiger partial charge is 0.354 e. The molecular weight excluding hydrogens is 286 g/mol. The Morgan fingerprint density at radius 2 is 1.87 bits per heavy atom. The Hall–Kier alpha value is -2.36. The molecule has 2 rings (SSSR count). The number of benzene rings is 1. The van der Waals surface area contributed by atoms with Crippen LogP contribution in [0.4, 0.5) is 17.2 Å². The Bertz CT molecular complexity index is 657. The number of para-hydroxylation sites is 1. The highest BCUT2D eigenvalue weighted by Crippen LogP contribution is 2.31. The lowest BCUT2D eigenvalue weighted by molar-refractivity contribution is -0.116. The number of pyridine rings is 1. The Balaban J connectivity index is 2.12. The van der Waals surface area contributed by atoms with Crippen LogP contribution >= 0.6 is 0 Å². The van der Waals surface area contributed by atoms with Gasteiger partial charge in [-0.05, 0) is 35.6 Å². The van der Waals surface area contributed by atoms with Crippen molar-refractivity contribution in [1.29, 1.82) is 0 Å². The SMILES string of the molecule is CCCC(=O)Nc1ccc(Nc2ccccc2C(C)(C)C)cn1. The number of carbonyl (C=O) groups is 1. The van der Waals surface area contributed by atoms with Gasteiger partial charge in [-0.15, -0.1) is 0 Å². The lowest BCUT2D eigenvalue weighted by atomic mass is 9.86.